The number of piperazine rings is 1. The van der Waals surface area contributed by atoms with E-state index in [1.165, 1.54) is 12.8 Å². The zero-order valence-electron chi connectivity index (χ0n) is 14.5. The normalized spacial score (nSPS) is 29.8. The first kappa shape index (κ1) is 17.0. The predicted octanol–water partition coefficient (Wildman–Crippen LogP) is 3.19. The van der Waals surface area contributed by atoms with E-state index in [2.05, 4.69) is 37.5 Å². The lowest BCUT2D eigenvalue weighted by Gasteiger charge is -2.43. The second kappa shape index (κ2) is 7.23. The largest absolute Gasteiger partial charge is 0.300 e. The predicted molar refractivity (Wildman–Crippen MR) is 88.5 cm³/mol. The molecule has 1 aliphatic heterocycles. The summed E-state index contributed by atoms with van der Waals surface area (Å²) < 4.78 is 0. The maximum Gasteiger partial charge on any atom is 0.137 e. The SMILES string of the molecule is CCCC1CCC(=O)C(CN2CCN(C(C)(C)C)CC2)C1. The highest BCUT2D eigenvalue weighted by molar-refractivity contribution is 5.81. The third-order valence-electron chi connectivity index (χ3n) is 5.37. The Balaban J connectivity index is 1.80. The van der Waals surface area contributed by atoms with Gasteiger partial charge in [0.2, 0.25) is 0 Å². The Hall–Kier alpha value is -0.410. The summed E-state index contributed by atoms with van der Waals surface area (Å²) in [5.74, 6) is 1.64. The molecule has 2 aliphatic rings. The first-order valence-corrected chi connectivity index (χ1v) is 8.90. The monoisotopic (exact) mass is 294 g/mol. The number of carbonyl (C=O) groups is 1. The van der Waals surface area contributed by atoms with Crippen molar-refractivity contribution < 1.29 is 4.79 Å². The Morgan fingerprint density at radius 2 is 1.81 bits per heavy atom. The number of hydrogen-bond acceptors (Lipinski definition) is 3. The van der Waals surface area contributed by atoms with Crippen LogP contribution in [0.3, 0.4) is 0 Å². The second-order valence-corrected chi connectivity index (χ2v) is 8.05. The van der Waals surface area contributed by atoms with Crippen LogP contribution in [0.15, 0.2) is 0 Å². The summed E-state index contributed by atoms with van der Waals surface area (Å²) in [5.41, 5.74) is 0.277. The molecule has 21 heavy (non-hydrogen) atoms. The Kier molecular flexibility index (Phi) is 5.84. The highest BCUT2D eigenvalue weighted by Crippen LogP contribution is 2.30. The molecule has 3 nitrogen and oxygen atoms in total. The van der Waals surface area contributed by atoms with Crippen LogP contribution < -0.4 is 0 Å². The smallest absolute Gasteiger partial charge is 0.137 e. The van der Waals surface area contributed by atoms with Gasteiger partial charge in [0.25, 0.3) is 0 Å². The van der Waals surface area contributed by atoms with Crippen molar-refractivity contribution in [2.75, 3.05) is 32.7 Å². The molecule has 0 aromatic carbocycles. The molecule has 0 N–H and O–H groups in total. The maximum absolute atomic E-state index is 12.2. The van der Waals surface area contributed by atoms with Crippen LogP contribution in [-0.4, -0.2) is 53.8 Å². The number of rotatable bonds is 4. The lowest BCUT2D eigenvalue weighted by atomic mass is 9.78. The van der Waals surface area contributed by atoms with Crippen LogP contribution in [0.5, 0.6) is 0 Å². The molecule has 0 spiro atoms. The van der Waals surface area contributed by atoms with E-state index in [4.69, 9.17) is 0 Å². The summed E-state index contributed by atoms with van der Waals surface area (Å²) >= 11 is 0. The number of hydrogen-bond donors (Lipinski definition) is 0. The van der Waals surface area contributed by atoms with Gasteiger partial charge in [0, 0.05) is 50.6 Å². The fourth-order valence-corrected chi connectivity index (χ4v) is 3.96. The highest BCUT2D eigenvalue weighted by Gasteiger charge is 2.32. The third-order valence-corrected chi connectivity index (χ3v) is 5.37. The van der Waals surface area contributed by atoms with E-state index < -0.39 is 0 Å². The van der Waals surface area contributed by atoms with Gasteiger partial charge in [-0.05, 0) is 39.5 Å². The van der Waals surface area contributed by atoms with E-state index >= 15 is 0 Å². The molecule has 2 fully saturated rings. The Labute approximate surface area is 131 Å². The van der Waals surface area contributed by atoms with Gasteiger partial charge in [-0.3, -0.25) is 9.69 Å². The van der Waals surface area contributed by atoms with E-state index in [0.717, 1.165) is 57.9 Å². The molecular formula is C18H34N2O. The van der Waals surface area contributed by atoms with Crippen LogP contribution in [0, 0.1) is 11.8 Å². The quantitative estimate of drug-likeness (QED) is 0.795. The van der Waals surface area contributed by atoms with Gasteiger partial charge >= 0.3 is 0 Å². The number of nitrogens with zero attached hydrogens (tertiary/aromatic N) is 2. The van der Waals surface area contributed by atoms with Crippen molar-refractivity contribution in [2.45, 2.75) is 65.3 Å². The number of Topliss-reactive ketones (excluding diaryl/α,β-unsaturated/α-hetero) is 1. The fraction of sp³-hybridized carbons (Fsp3) is 0.944. The van der Waals surface area contributed by atoms with Crippen LogP contribution in [0.2, 0.25) is 0 Å². The lowest BCUT2D eigenvalue weighted by Crippen LogP contribution is -2.54. The molecule has 122 valence electrons. The van der Waals surface area contributed by atoms with Gasteiger partial charge < -0.3 is 4.90 Å². The highest BCUT2D eigenvalue weighted by atomic mass is 16.1. The van der Waals surface area contributed by atoms with E-state index in [0.29, 0.717) is 11.7 Å². The molecule has 0 amide bonds. The van der Waals surface area contributed by atoms with Crippen molar-refractivity contribution in [1.29, 1.82) is 0 Å². The van der Waals surface area contributed by atoms with Crippen molar-refractivity contribution >= 4 is 5.78 Å². The summed E-state index contributed by atoms with van der Waals surface area (Å²) in [6.45, 7) is 14.7. The minimum Gasteiger partial charge on any atom is -0.300 e. The van der Waals surface area contributed by atoms with Gasteiger partial charge in [-0.25, -0.2) is 0 Å². The first-order valence-electron chi connectivity index (χ1n) is 8.90. The summed E-state index contributed by atoms with van der Waals surface area (Å²) in [4.78, 5) is 17.3. The fourth-order valence-electron chi connectivity index (χ4n) is 3.96. The molecule has 1 saturated heterocycles. The third kappa shape index (κ3) is 4.79. The molecule has 2 atom stereocenters. The van der Waals surface area contributed by atoms with E-state index in [1.54, 1.807) is 0 Å². The maximum atomic E-state index is 12.2. The Morgan fingerprint density at radius 1 is 1.14 bits per heavy atom. The van der Waals surface area contributed by atoms with Crippen LogP contribution in [0.25, 0.3) is 0 Å². The zero-order chi connectivity index (χ0) is 15.5. The Morgan fingerprint density at radius 3 is 2.38 bits per heavy atom. The molecule has 1 saturated carbocycles. The molecule has 2 rings (SSSR count). The lowest BCUT2D eigenvalue weighted by molar-refractivity contribution is -0.126. The van der Waals surface area contributed by atoms with Gasteiger partial charge in [-0.15, -0.1) is 0 Å². The molecule has 0 radical (unpaired) electrons. The summed E-state index contributed by atoms with van der Waals surface area (Å²) in [7, 11) is 0. The second-order valence-electron chi connectivity index (χ2n) is 8.05. The van der Waals surface area contributed by atoms with Crippen molar-refractivity contribution in [3.63, 3.8) is 0 Å². The van der Waals surface area contributed by atoms with Gasteiger partial charge in [0.15, 0.2) is 0 Å². The topological polar surface area (TPSA) is 23.6 Å². The van der Waals surface area contributed by atoms with Gasteiger partial charge in [0.05, 0.1) is 0 Å². The molecule has 1 heterocycles. The molecule has 3 heteroatoms. The van der Waals surface area contributed by atoms with Crippen molar-refractivity contribution in [3.8, 4) is 0 Å². The van der Waals surface area contributed by atoms with Gasteiger partial charge in [-0.1, -0.05) is 19.8 Å². The van der Waals surface area contributed by atoms with E-state index in [-0.39, 0.29) is 5.54 Å². The first-order chi connectivity index (χ1) is 9.90. The van der Waals surface area contributed by atoms with Crippen LogP contribution in [-0.2, 0) is 4.79 Å². The summed E-state index contributed by atoms with van der Waals surface area (Å²) in [6.07, 6.45) is 5.68. The average molecular weight is 294 g/mol. The van der Waals surface area contributed by atoms with Crippen LogP contribution >= 0.6 is 0 Å². The van der Waals surface area contributed by atoms with Crippen molar-refractivity contribution in [1.82, 2.24) is 9.80 Å². The summed E-state index contributed by atoms with van der Waals surface area (Å²) in [5, 5.41) is 0. The van der Waals surface area contributed by atoms with E-state index in [9.17, 15) is 4.79 Å². The molecule has 0 aromatic heterocycles. The van der Waals surface area contributed by atoms with E-state index in [1.807, 2.05) is 0 Å². The number of carbonyl (C=O) groups excluding carboxylic acids is 1. The van der Waals surface area contributed by atoms with Crippen molar-refractivity contribution in [2.24, 2.45) is 11.8 Å². The van der Waals surface area contributed by atoms with Gasteiger partial charge in [-0.2, -0.15) is 0 Å². The summed E-state index contributed by atoms with van der Waals surface area (Å²) in [6, 6.07) is 0. The average Bonchev–Trinajstić information content (AvgIpc) is 2.42. The van der Waals surface area contributed by atoms with Crippen LogP contribution in [0.4, 0.5) is 0 Å². The Bertz CT molecular complexity index is 340. The van der Waals surface area contributed by atoms with Gasteiger partial charge in [0.1, 0.15) is 5.78 Å². The minimum atomic E-state index is 0.277. The number of ketones is 1. The molecule has 2 unspecified atom stereocenters. The molecular weight excluding hydrogens is 260 g/mol. The molecule has 1 aliphatic carbocycles. The molecule has 0 bridgehead atoms. The molecule has 0 aromatic rings. The zero-order valence-corrected chi connectivity index (χ0v) is 14.5. The van der Waals surface area contributed by atoms with Crippen LogP contribution in [0.1, 0.15) is 59.8 Å². The minimum absolute atomic E-state index is 0.277. The standard InChI is InChI=1S/C18H34N2O/c1-5-6-15-7-8-17(21)16(13-15)14-19-9-11-20(12-10-19)18(2,3)4/h15-16H,5-14H2,1-4H3. The van der Waals surface area contributed by atoms with Crippen molar-refractivity contribution in [3.05, 3.63) is 0 Å².